The third kappa shape index (κ3) is 5.37. The molecule has 0 atom stereocenters. The molecular formula is C26H18ClNO7S. The van der Waals surface area contributed by atoms with Gasteiger partial charge >= 0.3 is 16.8 Å². The lowest BCUT2D eigenvalue weighted by molar-refractivity contribution is -0.140. The molecule has 1 heterocycles. The van der Waals surface area contributed by atoms with E-state index in [1.807, 2.05) is 0 Å². The van der Waals surface area contributed by atoms with Gasteiger partial charge in [0.05, 0.1) is 21.8 Å². The molecule has 0 aliphatic heterocycles. The summed E-state index contributed by atoms with van der Waals surface area (Å²) < 4.78 is 7.92. The SMILES string of the molecule is O=C(O)C(=Cc1ccc(OCCn2c(=O)sc3cc(C(=O)c4ccccc4Cl)ccc32)cc1)C(=O)O. The van der Waals surface area contributed by atoms with Gasteiger partial charge in [-0.1, -0.05) is 47.2 Å². The van der Waals surface area contributed by atoms with Crippen LogP contribution in [-0.2, 0) is 16.1 Å². The first-order valence-electron chi connectivity index (χ1n) is 10.6. The van der Waals surface area contributed by atoms with Crippen molar-refractivity contribution in [3.05, 3.63) is 104 Å². The predicted octanol–water partition coefficient (Wildman–Crippen LogP) is 4.58. The number of hydrogen-bond acceptors (Lipinski definition) is 6. The summed E-state index contributed by atoms with van der Waals surface area (Å²) in [5.74, 6) is -2.82. The van der Waals surface area contributed by atoms with E-state index < -0.39 is 17.5 Å². The van der Waals surface area contributed by atoms with Gasteiger partial charge in [0.25, 0.3) is 0 Å². The smallest absolute Gasteiger partial charge is 0.343 e. The summed E-state index contributed by atoms with van der Waals surface area (Å²) in [6.45, 7) is 0.442. The van der Waals surface area contributed by atoms with Crippen molar-refractivity contribution in [3.8, 4) is 5.75 Å². The summed E-state index contributed by atoms with van der Waals surface area (Å²) in [6.07, 6.45) is 1.05. The van der Waals surface area contributed by atoms with Crippen molar-refractivity contribution < 1.29 is 29.3 Å². The van der Waals surface area contributed by atoms with Crippen LogP contribution in [0.4, 0.5) is 0 Å². The van der Waals surface area contributed by atoms with Crippen LogP contribution in [0.5, 0.6) is 5.75 Å². The van der Waals surface area contributed by atoms with Crippen LogP contribution in [0, 0.1) is 0 Å². The van der Waals surface area contributed by atoms with Crippen LogP contribution in [0.2, 0.25) is 5.02 Å². The summed E-state index contributed by atoms with van der Waals surface area (Å²) >= 11 is 7.18. The molecule has 2 N–H and O–H groups in total. The molecule has 182 valence electrons. The molecule has 36 heavy (non-hydrogen) atoms. The first-order valence-corrected chi connectivity index (χ1v) is 11.8. The average molecular weight is 524 g/mol. The van der Waals surface area contributed by atoms with Crippen molar-refractivity contribution in [1.82, 2.24) is 4.57 Å². The van der Waals surface area contributed by atoms with Gasteiger partial charge in [-0.15, -0.1) is 0 Å². The van der Waals surface area contributed by atoms with Crippen molar-refractivity contribution >= 4 is 57.0 Å². The highest BCUT2D eigenvalue weighted by Crippen LogP contribution is 2.24. The van der Waals surface area contributed by atoms with Gasteiger partial charge in [-0.2, -0.15) is 0 Å². The molecule has 4 rings (SSSR count). The van der Waals surface area contributed by atoms with Crippen LogP contribution >= 0.6 is 22.9 Å². The quantitative estimate of drug-likeness (QED) is 0.142. The zero-order valence-electron chi connectivity index (χ0n) is 18.5. The van der Waals surface area contributed by atoms with E-state index in [0.717, 1.165) is 17.4 Å². The Labute approximate surface area is 213 Å². The fourth-order valence-corrected chi connectivity index (χ4v) is 4.70. The molecule has 8 nitrogen and oxygen atoms in total. The van der Waals surface area contributed by atoms with E-state index in [2.05, 4.69) is 0 Å². The Morgan fingerprint density at radius 1 is 0.972 bits per heavy atom. The fourth-order valence-electron chi connectivity index (χ4n) is 3.52. The van der Waals surface area contributed by atoms with Gasteiger partial charge in [-0.25, -0.2) is 9.59 Å². The normalized spacial score (nSPS) is 10.7. The number of thiazole rings is 1. The number of fused-ring (bicyclic) bond motifs is 1. The molecular weight excluding hydrogens is 506 g/mol. The van der Waals surface area contributed by atoms with Crippen molar-refractivity contribution in [2.45, 2.75) is 6.54 Å². The number of ether oxygens (including phenoxy) is 1. The highest BCUT2D eigenvalue weighted by molar-refractivity contribution is 7.16. The van der Waals surface area contributed by atoms with E-state index in [1.54, 1.807) is 59.2 Å². The average Bonchev–Trinajstić information content (AvgIpc) is 3.17. The van der Waals surface area contributed by atoms with Crippen LogP contribution in [0.1, 0.15) is 21.5 Å². The zero-order valence-corrected chi connectivity index (χ0v) is 20.1. The summed E-state index contributed by atoms with van der Waals surface area (Å²) in [7, 11) is 0. The third-order valence-corrected chi connectivity index (χ3v) is 6.56. The largest absolute Gasteiger partial charge is 0.492 e. The Morgan fingerprint density at radius 2 is 1.67 bits per heavy atom. The van der Waals surface area contributed by atoms with Crippen molar-refractivity contribution in [2.24, 2.45) is 0 Å². The molecule has 0 radical (unpaired) electrons. The lowest BCUT2D eigenvalue weighted by Crippen LogP contribution is -2.17. The maximum Gasteiger partial charge on any atom is 0.343 e. The Balaban J connectivity index is 1.45. The first kappa shape index (κ1) is 24.9. The van der Waals surface area contributed by atoms with Gasteiger partial charge in [-0.05, 0) is 54.1 Å². The Hall–Kier alpha value is -4.21. The van der Waals surface area contributed by atoms with Crippen molar-refractivity contribution in [3.63, 3.8) is 0 Å². The van der Waals surface area contributed by atoms with Crippen LogP contribution in [0.3, 0.4) is 0 Å². The highest BCUT2D eigenvalue weighted by Gasteiger charge is 2.16. The number of rotatable bonds is 9. The van der Waals surface area contributed by atoms with Gasteiger partial charge < -0.3 is 14.9 Å². The van der Waals surface area contributed by atoms with E-state index in [-0.39, 0.29) is 23.8 Å². The Bertz CT molecular complexity index is 1550. The van der Waals surface area contributed by atoms with Crippen molar-refractivity contribution in [2.75, 3.05) is 6.61 Å². The summed E-state index contributed by atoms with van der Waals surface area (Å²) in [5.41, 5.74) is 1.15. The Morgan fingerprint density at radius 3 is 2.33 bits per heavy atom. The molecule has 0 spiro atoms. The molecule has 0 fully saturated rings. The highest BCUT2D eigenvalue weighted by atomic mass is 35.5. The number of aromatic nitrogens is 1. The number of carbonyl (C=O) groups is 3. The maximum absolute atomic E-state index is 12.8. The van der Waals surface area contributed by atoms with Gasteiger partial charge in [0.2, 0.25) is 0 Å². The van der Waals surface area contributed by atoms with Gasteiger partial charge in [0.1, 0.15) is 17.9 Å². The van der Waals surface area contributed by atoms with E-state index in [4.69, 9.17) is 26.6 Å². The number of carboxylic acids is 2. The first-order chi connectivity index (χ1) is 17.2. The second-order valence-corrected chi connectivity index (χ2v) is 9.00. The fraction of sp³-hybridized carbons (Fsp3) is 0.0769. The number of nitrogens with zero attached hydrogens (tertiary/aromatic N) is 1. The minimum atomic E-state index is -1.53. The van der Waals surface area contributed by atoms with Crippen molar-refractivity contribution in [1.29, 1.82) is 0 Å². The standard InChI is InChI=1S/C26H18ClNO7S/c27-20-4-2-1-3-18(20)23(29)16-7-10-21-22(14-16)36-26(34)28(21)11-12-35-17-8-5-15(6-9-17)13-19(24(30)31)25(32)33/h1-10,13-14H,11-12H2,(H,30,31)(H,32,33). The van der Waals surface area contributed by atoms with E-state index in [9.17, 15) is 19.2 Å². The van der Waals surface area contributed by atoms with E-state index in [1.165, 1.54) is 12.1 Å². The second-order valence-electron chi connectivity index (χ2n) is 7.60. The molecule has 0 aliphatic carbocycles. The monoisotopic (exact) mass is 523 g/mol. The van der Waals surface area contributed by atoms with Gasteiger partial charge in [-0.3, -0.25) is 14.2 Å². The zero-order chi connectivity index (χ0) is 25.8. The van der Waals surface area contributed by atoms with E-state index in [0.29, 0.717) is 37.7 Å². The molecule has 0 saturated heterocycles. The molecule has 3 aromatic carbocycles. The molecule has 0 bridgehead atoms. The maximum atomic E-state index is 12.8. The number of carboxylic acid groups (broad SMARTS) is 2. The minimum absolute atomic E-state index is 0.177. The summed E-state index contributed by atoms with van der Waals surface area (Å²) in [4.78, 5) is 47.2. The predicted molar refractivity (Wildman–Crippen MR) is 136 cm³/mol. The molecule has 4 aromatic rings. The topological polar surface area (TPSA) is 123 Å². The number of aliphatic carboxylic acids is 2. The van der Waals surface area contributed by atoms with Crippen LogP contribution in [0.15, 0.2) is 77.1 Å². The third-order valence-electron chi connectivity index (χ3n) is 5.28. The molecule has 0 saturated carbocycles. The number of benzene rings is 3. The number of halogens is 1. The number of carbonyl (C=O) groups excluding carboxylic acids is 1. The van der Waals surface area contributed by atoms with E-state index >= 15 is 0 Å². The summed E-state index contributed by atoms with van der Waals surface area (Å²) in [5, 5.41) is 18.3. The number of hydrogen-bond donors (Lipinski definition) is 2. The second kappa shape index (κ2) is 10.6. The summed E-state index contributed by atoms with van der Waals surface area (Å²) in [6, 6.07) is 18.1. The van der Waals surface area contributed by atoms with Crippen LogP contribution < -0.4 is 9.61 Å². The van der Waals surface area contributed by atoms with Crippen LogP contribution in [-0.4, -0.2) is 39.1 Å². The van der Waals surface area contributed by atoms with Crippen LogP contribution in [0.25, 0.3) is 16.3 Å². The molecule has 0 aliphatic rings. The number of ketones is 1. The minimum Gasteiger partial charge on any atom is -0.492 e. The Kier molecular flexibility index (Phi) is 7.33. The van der Waals surface area contributed by atoms with Gasteiger partial charge in [0.15, 0.2) is 5.78 Å². The lowest BCUT2D eigenvalue weighted by Gasteiger charge is -2.08. The molecule has 1 aromatic heterocycles. The molecule has 0 amide bonds. The molecule has 0 unspecified atom stereocenters. The van der Waals surface area contributed by atoms with Gasteiger partial charge in [0, 0.05) is 11.1 Å². The lowest BCUT2D eigenvalue weighted by atomic mass is 10.0. The molecule has 10 heteroatoms.